The van der Waals surface area contributed by atoms with E-state index in [2.05, 4.69) is 21.8 Å². The smallest absolute Gasteiger partial charge is 0.251 e. The first-order chi connectivity index (χ1) is 17.3. The van der Waals surface area contributed by atoms with Crippen LogP contribution >= 0.6 is 11.6 Å². The number of carbonyl (C=O) groups excluding carboxylic acids is 2. The van der Waals surface area contributed by atoms with Crippen LogP contribution in [0.4, 0.5) is 15.8 Å². The van der Waals surface area contributed by atoms with Gasteiger partial charge in [-0.25, -0.2) is 4.39 Å². The van der Waals surface area contributed by atoms with E-state index in [1.54, 1.807) is 24.2 Å². The maximum atomic E-state index is 16.3. The molecular formula is C26H22ClFN6O2. The van der Waals surface area contributed by atoms with Crippen LogP contribution in [0.1, 0.15) is 5.56 Å². The molecule has 1 saturated heterocycles. The van der Waals surface area contributed by atoms with Gasteiger partial charge in [-0.15, -0.1) is 0 Å². The average molecular weight is 505 g/mol. The Balaban J connectivity index is 1.57. The van der Waals surface area contributed by atoms with Crippen LogP contribution in [0.3, 0.4) is 0 Å². The summed E-state index contributed by atoms with van der Waals surface area (Å²) < 4.78 is 16.3. The standard InChI is InChI=1S/C26H22ClFN6O2/c1-4-20(35)33-7-8-34-19(12-33)26(36)32(3)18-11-29-24-14(25(18)34)9-16(27)22(23(24)28)21-13(2)5-6-17-15(21)10-30-31-17/h4-6,9-11,19H,1,7-8,12H2,2-3H3,(H,30,31)/t19-/m1/s1. The molecule has 6 rings (SSSR count). The maximum absolute atomic E-state index is 16.3. The molecule has 2 aromatic carbocycles. The van der Waals surface area contributed by atoms with Gasteiger partial charge in [-0.05, 0) is 30.7 Å². The molecule has 1 fully saturated rings. The van der Waals surface area contributed by atoms with Crippen molar-refractivity contribution in [2.45, 2.75) is 13.0 Å². The normalized spacial score (nSPS) is 17.5. The molecule has 0 saturated carbocycles. The quantitative estimate of drug-likeness (QED) is 0.416. The van der Waals surface area contributed by atoms with Crippen LogP contribution in [0.5, 0.6) is 0 Å². The minimum Gasteiger partial charge on any atom is -0.354 e. The summed E-state index contributed by atoms with van der Waals surface area (Å²) in [5.41, 5.74) is 3.98. The molecule has 182 valence electrons. The first-order valence-corrected chi connectivity index (χ1v) is 11.9. The number of fused-ring (bicyclic) bond motifs is 6. The molecule has 0 aliphatic carbocycles. The number of rotatable bonds is 2. The monoisotopic (exact) mass is 504 g/mol. The Labute approximate surface area is 210 Å². The third-order valence-corrected chi connectivity index (χ3v) is 7.52. The number of hydrogen-bond donors (Lipinski definition) is 1. The fraction of sp³-hybridized carbons (Fsp3) is 0.231. The minimum absolute atomic E-state index is 0.157. The van der Waals surface area contributed by atoms with Gasteiger partial charge in [0.1, 0.15) is 11.6 Å². The Kier molecular flexibility index (Phi) is 5.01. The summed E-state index contributed by atoms with van der Waals surface area (Å²) in [5, 5.41) is 8.55. The van der Waals surface area contributed by atoms with E-state index in [0.717, 1.165) is 16.5 Å². The number of likely N-dealkylation sites (N-methyl/N-ethyl adjacent to an activating group) is 1. The number of H-pyrrole nitrogens is 1. The van der Waals surface area contributed by atoms with Gasteiger partial charge in [0.05, 0.1) is 40.9 Å². The number of amides is 2. The molecule has 0 bridgehead atoms. The molecule has 2 aromatic heterocycles. The third-order valence-electron chi connectivity index (χ3n) is 7.22. The second-order valence-corrected chi connectivity index (χ2v) is 9.53. The molecule has 2 aliphatic heterocycles. The zero-order valence-electron chi connectivity index (χ0n) is 19.7. The molecule has 8 nitrogen and oxygen atoms in total. The van der Waals surface area contributed by atoms with E-state index in [1.165, 1.54) is 17.2 Å². The summed E-state index contributed by atoms with van der Waals surface area (Å²) in [7, 11) is 1.66. The summed E-state index contributed by atoms with van der Waals surface area (Å²) in [5.74, 6) is -0.914. The van der Waals surface area contributed by atoms with E-state index in [0.29, 0.717) is 35.4 Å². The fourth-order valence-electron chi connectivity index (χ4n) is 5.41. The van der Waals surface area contributed by atoms with Crippen LogP contribution in [0.15, 0.2) is 43.2 Å². The minimum atomic E-state index is -0.603. The van der Waals surface area contributed by atoms with Crippen LogP contribution in [-0.4, -0.2) is 64.6 Å². The van der Waals surface area contributed by atoms with Crippen molar-refractivity contribution in [2.24, 2.45) is 0 Å². The number of pyridine rings is 1. The highest BCUT2D eigenvalue weighted by atomic mass is 35.5. The summed E-state index contributed by atoms with van der Waals surface area (Å²) in [4.78, 5) is 34.9. The van der Waals surface area contributed by atoms with E-state index in [4.69, 9.17) is 11.6 Å². The SMILES string of the molecule is C=CC(=O)N1CCN2c3c(cnc4c(F)c(-c5c(C)ccc6[nH]ncc56)c(Cl)cc34)N(C)C(=O)[C@H]2C1. The Bertz CT molecular complexity index is 1620. The number of aryl methyl sites for hydroxylation is 1. The van der Waals surface area contributed by atoms with Gasteiger partial charge in [0, 0.05) is 42.0 Å². The van der Waals surface area contributed by atoms with Crippen molar-refractivity contribution < 1.29 is 14.0 Å². The van der Waals surface area contributed by atoms with Crippen molar-refractivity contribution in [2.75, 3.05) is 36.5 Å². The number of halogens is 2. The van der Waals surface area contributed by atoms with Gasteiger partial charge in [0.25, 0.3) is 5.91 Å². The lowest BCUT2D eigenvalue weighted by Gasteiger charge is -2.47. The van der Waals surface area contributed by atoms with E-state index in [-0.39, 0.29) is 34.5 Å². The van der Waals surface area contributed by atoms with Crippen molar-refractivity contribution in [1.82, 2.24) is 20.1 Å². The highest BCUT2D eigenvalue weighted by molar-refractivity contribution is 6.35. The predicted octanol–water partition coefficient (Wildman–Crippen LogP) is 4.06. The maximum Gasteiger partial charge on any atom is 0.251 e. The fourth-order valence-corrected chi connectivity index (χ4v) is 5.70. The van der Waals surface area contributed by atoms with Gasteiger partial charge in [0.15, 0.2) is 5.82 Å². The van der Waals surface area contributed by atoms with Crippen molar-refractivity contribution in [3.63, 3.8) is 0 Å². The first-order valence-electron chi connectivity index (χ1n) is 11.5. The van der Waals surface area contributed by atoms with Gasteiger partial charge in [-0.1, -0.05) is 24.2 Å². The van der Waals surface area contributed by atoms with Crippen molar-refractivity contribution in [3.8, 4) is 11.1 Å². The van der Waals surface area contributed by atoms with Gasteiger partial charge in [-0.3, -0.25) is 19.7 Å². The van der Waals surface area contributed by atoms with E-state index >= 15 is 4.39 Å². The number of anilines is 2. The molecule has 10 heteroatoms. The molecule has 4 aromatic rings. The number of aromatic nitrogens is 3. The van der Waals surface area contributed by atoms with Crippen LogP contribution in [0.2, 0.25) is 5.02 Å². The average Bonchev–Trinajstić information content (AvgIpc) is 3.36. The molecule has 2 aliphatic rings. The highest BCUT2D eigenvalue weighted by Gasteiger charge is 2.42. The number of aromatic amines is 1. The van der Waals surface area contributed by atoms with Crippen molar-refractivity contribution in [1.29, 1.82) is 0 Å². The Hall–Kier alpha value is -3.98. The molecule has 2 amide bonds. The van der Waals surface area contributed by atoms with E-state index in [1.807, 2.05) is 24.0 Å². The number of benzene rings is 2. The molecule has 1 N–H and O–H groups in total. The molecule has 36 heavy (non-hydrogen) atoms. The van der Waals surface area contributed by atoms with Crippen LogP contribution in [-0.2, 0) is 9.59 Å². The predicted molar refractivity (Wildman–Crippen MR) is 138 cm³/mol. The largest absolute Gasteiger partial charge is 0.354 e. The first kappa shape index (κ1) is 22.5. The van der Waals surface area contributed by atoms with E-state index in [9.17, 15) is 9.59 Å². The Morgan fingerprint density at radius 2 is 2.06 bits per heavy atom. The second-order valence-electron chi connectivity index (χ2n) is 9.12. The lowest BCUT2D eigenvalue weighted by molar-refractivity contribution is -0.128. The summed E-state index contributed by atoms with van der Waals surface area (Å²) >= 11 is 6.79. The Morgan fingerprint density at radius 3 is 2.83 bits per heavy atom. The second kappa shape index (κ2) is 8.03. The third kappa shape index (κ3) is 3.05. The van der Waals surface area contributed by atoms with E-state index < -0.39 is 11.9 Å². The Morgan fingerprint density at radius 1 is 1.25 bits per heavy atom. The van der Waals surface area contributed by atoms with Crippen molar-refractivity contribution >= 4 is 56.6 Å². The summed E-state index contributed by atoms with van der Waals surface area (Å²) in [6, 6.07) is 4.91. The lowest BCUT2D eigenvalue weighted by Crippen LogP contribution is -2.62. The molecular weight excluding hydrogens is 483 g/mol. The number of nitrogens with zero attached hydrogens (tertiary/aromatic N) is 5. The molecule has 1 atom stereocenters. The van der Waals surface area contributed by atoms with Crippen LogP contribution < -0.4 is 9.80 Å². The summed E-state index contributed by atoms with van der Waals surface area (Å²) in [6.07, 6.45) is 4.44. The molecule has 0 spiro atoms. The van der Waals surface area contributed by atoms with Crippen LogP contribution in [0, 0.1) is 12.7 Å². The van der Waals surface area contributed by atoms with Gasteiger partial charge in [-0.2, -0.15) is 5.10 Å². The zero-order valence-corrected chi connectivity index (χ0v) is 20.4. The topological polar surface area (TPSA) is 85.4 Å². The molecule has 0 unspecified atom stereocenters. The number of carbonyl (C=O) groups is 2. The van der Waals surface area contributed by atoms with Crippen molar-refractivity contribution in [3.05, 3.63) is 59.7 Å². The van der Waals surface area contributed by atoms with Gasteiger partial charge < -0.3 is 14.7 Å². The number of piperazine rings is 1. The van der Waals surface area contributed by atoms with Gasteiger partial charge >= 0.3 is 0 Å². The number of nitrogens with one attached hydrogen (secondary N) is 1. The highest BCUT2D eigenvalue weighted by Crippen LogP contribution is 2.46. The summed E-state index contributed by atoms with van der Waals surface area (Å²) in [6.45, 7) is 6.49. The van der Waals surface area contributed by atoms with Crippen LogP contribution in [0.25, 0.3) is 32.9 Å². The van der Waals surface area contributed by atoms with Gasteiger partial charge in [0.2, 0.25) is 5.91 Å². The lowest BCUT2D eigenvalue weighted by atomic mass is 9.94. The molecule has 0 radical (unpaired) electrons. The number of hydrogen-bond acceptors (Lipinski definition) is 5. The zero-order chi connectivity index (χ0) is 25.3. The molecule has 4 heterocycles.